The normalized spacial score (nSPS) is 12.3. The number of aromatic hydroxyl groups is 2. The third-order valence-corrected chi connectivity index (χ3v) is 3.20. The van der Waals surface area contributed by atoms with Crippen LogP contribution in [0, 0.1) is 4.77 Å². The lowest BCUT2D eigenvalue weighted by atomic mass is 10.1. The van der Waals surface area contributed by atoms with E-state index in [2.05, 4.69) is 15.0 Å². The molecule has 1 aromatic carbocycles. The van der Waals surface area contributed by atoms with Crippen LogP contribution in [0.1, 0.15) is 11.1 Å². The summed E-state index contributed by atoms with van der Waals surface area (Å²) in [6.07, 6.45) is 1.05. The molecule has 8 nitrogen and oxygen atoms in total. The molecule has 2 aromatic rings. The zero-order valence-corrected chi connectivity index (χ0v) is 12.5. The molecule has 0 saturated carbocycles. The number of nitrogens with zero attached hydrogens (tertiary/aromatic N) is 1. The van der Waals surface area contributed by atoms with Crippen LogP contribution in [-0.4, -0.2) is 43.5 Å². The summed E-state index contributed by atoms with van der Waals surface area (Å²) in [5.41, 5.74) is -0.239. The number of hydrogen-bond acceptors (Lipinski definition) is 6. The first-order valence-electron chi connectivity index (χ1n) is 6.46. The summed E-state index contributed by atoms with van der Waals surface area (Å²) in [6, 6.07) is 4.87. The van der Waals surface area contributed by atoms with Crippen LogP contribution in [0.15, 0.2) is 34.1 Å². The fourth-order valence-corrected chi connectivity index (χ4v) is 2.02. The van der Waals surface area contributed by atoms with Gasteiger partial charge in [0.2, 0.25) is 5.88 Å². The van der Waals surface area contributed by atoms with Gasteiger partial charge in [0, 0.05) is 12.6 Å². The van der Waals surface area contributed by atoms with Crippen molar-refractivity contribution in [1.82, 2.24) is 9.97 Å². The summed E-state index contributed by atoms with van der Waals surface area (Å²) in [4.78, 5) is 31.4. The summed E-state index contributed by atoms with van der Waals surface area (Å²) >= 11 is 4.69. The Morgan fingerprint density at radius 2 is 1.91 bits per heavy atom. The van der Waals surface area contributed by atoms with Gasteiger partial charge in [0.25, 0.3) is 5.56 Å². The van der Waals surface area contributed by atoms with E-state index >= 15 is 0 Å². The lowest BCUT2D eigenvalue weighted by molar-refractivity contribution is -0.138. The molecule has 2 rings (SSSR count). The van der Waals surface area contributed by atoms with Gasteiger partial charge in [0.1, 0.15) is 11.3 Å². The fraction of sp³-hybridized carbons (Fsp3) is 0.143. The summed E-state index contributed by atoms with van der Waals surface area (Å²) < 4.78 is -0.0523. The number of aromatic amines is 2. The number of hydrogen-bond donors (Lipinski definition) is 5. The van der Waals surface area contributed by atoms with Crippen molar-refractivity contribution in [2.24, 2.45) is 4.99 Å². The van der Waals surface area contributed by atoms with Crippen molar-refractivity contribution in [3.05, 3.63) is 50.5 Å². The Balaban J connectivity index is 2.26. The maximum atomic E-state index is 11.7. The number of carbonyl (C=O) groups is 1. The van der Waals surface area contributed by atoms with Gasteiger partial charge >= 0.3 is 5.97 Å². The minimum absolute atomic E-state index is 0.0523. The molecule has 0 aliphatic carbocycles. The van der Waals surface area contributed by atoms with Crippen LogP contribution in [0.2, 0.25) is 0 Å². The van der Waals surface area contributed by atoms with Gasteiger partial charge in [-0.15, -0.1) is 0 Å². The van der Waals surface area contributed by atoms with Crippen molar-refractivity contribution in [2.75, 3.05) is 0 Å². The van der Waals surface area contributed by atoms with Gasteiger partial charge < -0.3 is 20.3 Å². The summed E-state index contributed by atoms with van der Waals surface area (Å²) in [6.45, 7) is 0. The van der Waals surface area contributed by atoms with Gasteiger partial charge in [0.05, 0.1) is 0 Å². The molecule has 0 saturated heterocycles. The molecule has 0 radical (unpaired) electrons. The second kappa shape index (κ2) is 6.88. The van der Waals surface area contributed by atoms with Crippen molar-refractivity contribution in [2.45, 2.75) is 12.5 Å². The van der Waals surface area contributed by atoms with E-state index in [4.69, 9.17) is 12.2 Å². The van der Waals surface area contributed by atoms with Crippen molar-refractivity contribution in [3.63, 3.8) is 0 Å². The van der Waals surface area contributed by atoms with E-state index in [9.17, 15) is 24.9 Å². The highest BCUT2D eigenvalue weighted by molar-refractivity contribution is 7.71. The van der Waals surface area contributed by atoms with E-state index in [0.717, 1.165) is 6.21 Å². The van der Waals surface area contributed by atoms with Gasteiger partial charge in [-0.3, -0.25) is 14.8 Å². The largest absolute Gasteiger partial charge is 0.508 e. The van der Waals surface area contributed by atoms with Crippen LogP contribution < -0.4 is 5.56 Å². The van der Waals surface area contributed by atoms with E-state index in [1.807, 2.05) is 0 Å². The molecule has 0 aliphatic rings. The van der Waals surface area contributed by atoms with Gasteiger partial charge in [-0.05, 0) is 29.9 Å². The Kier molecular flexibility index (Phi) is 4.91. The summed E-state index contributed by atoms with van der Waals surface area (Å²) in [5, 5.41) is 28.1. The number of nitrogens with one attached hydrogen (secondary N) is 2. The van der Waals surface area contributed by atoms with E-state index < -0.39 is 23.5 Å². The first-order chi connectivity index (χ1) is 10.9. The number of rotatable bonds is 5. The highest BCUT2D eigenvalue weighted by Crippen LogP contribution is 2.13. The van der Waals surface area contributed by atoms with Gasteiger partial charge in [-0.2, -0.15) is 0 Å². The number of phenols is 1. The number of phenolic OH excluding ortho intramolecular Hbond substituents is 1. The molecule has 5 N–H and O–H groups in total. The molecule has 1 atom stereocenters. The Labute approximate surface area is 134 Å². The van der Waals surface area contributed by atoms with Crippen LogP contribution in [0.3, 0.4) is 0 Å². The molecule has 0 bridgehead atoms. The lowest BCUT2D eigenvalue weighted by Crippen LogP contribution is -2.22. The van der Waals surface area contributed by atoms with E-state index in [1.54, 1.807) is 12.1 Å². The molecule has 0 unspecified atom stereocenters. The molecule has 0 spiro atoms. The van der Waals surface area contributed by atoms with E-state index in [1.165, 1.54) is 12.1 Å². The Hall–Kier alpha value is -2.94. The topological polar surface area (TPSA) is 139 Å². The van der Waals surface area contributed by atoms with Crippen molar-refractivity contribution in [3.8, 4) is 11.6 Å². The van der Waals surface area contributed by atoms with Gasteiger partial charge in [-0.25, -0.2) is 4.79 Å². The average Bonchev–Trinajstić information content (AvgIpc) is 2.46. The third-order valence-electron chi connectivity index (χ3n) is 2.99. The van der Waals surface area contributed by atoms with Crippen molar-refractivity contribution in [1.29, 1.82) is 0 Å². The number of H-pyrrole nitrogens is 2. The third kappa shape index (κ3) is 4.27. The minimum Gasteiger partial charge on any atom is -0.508 e. The van der Waals surface area contributed by atoms with Crippen LogP contribution in [-0.2, 0) is 11.2 Å². The number of aliphatic carboxylic acids is 1. The van der Waals surface area contributed by atoms with Crippen molar-refractivity contribution < 1.29 is 20.1 Å². The quantitative estimate of drug-likeness (QED) is 0.407. The number of carboxylic acids is 1. The second-order valence-corrected chi connectivity index (χ2v) is 5.08. The van der Waals surface area contributed by atoms with Gasteiger partial charge in [-0.1, -0.05) is 12.1 Å². The van der Waals surface area contributed by atoms with Crippen LogP contribution in [0.5, 0.6) is 11.6 Å². The van der Waals surface area contributed by atoms with Crippen molar-refractivity contribution >= 4 is 24.4 Å². The first kappa shape index (κ1) is 16.4. The smallest absolute Gasteiger partial charge is 0.328 e. The summed E-state index contributed by atoms with van der Waals surface area (Å²) in [7, 11) is 0. The molecule has 1 aromatic heterocycles. The van der Waals surface area contributed by atoms with Crippen LogP contribution in [0.4, 0.5) is 0 Å². The lowest BCUT2D eigenvalue weighted by Gasteiger charge is -2.07. The standard InChI is InChI=1S/C14H13N3O5S/c18-8-3-1-7(2-4-8)5-10(13(21)22)15-6-9-11(19)16-14(23)17-12(9)20/h1-4,6,10,18H,5H2,(H,21,22)(H3,16,17,19,20,23)/t10-/m1/s1. The Morgan fingerprint density at radius 3 is 2.48 bits per heavy atom. The molecule has 0 amide bonds. The highest BCUT2D eigenvalue weighted by Gasteiger charge is 2.17. The van der Waals surface area contributed by atoms with Crippen LogP contribution >= 0.6 is 12.2 Å². The first-order valence-corrected chi connectivity index (χ1v) is 6.87. The maximum absolute atomic E-state index is 11.7. The van der Waals surface area contributed by atoms with Crippen LogP contribution in [0.25, 0.3) is 0 Å². The second-order valence-electron chi connectivity index (χ2n) is 4.67. The molecule has 23 heavy (non-hydrogen) atoms. The zero-order chi connectivity index (χ0) is 17.0. The Morgan fingerprint density at radius 1 is 1.26 bits per heavy atom. The maximum Gasteiger partial charge on any atom is 0.328 e. The zero-order valence-electron chi connectivity index (χ0n) is 11.7. The SMILES string of the molecule is O=C(O)[C@@H](Cc1ccc(O)cc1)N=Cc1c(O)[nH]c(=S)[nH]c1=O. The molecule has 0 aliphatic heterocycles. The molecule has 0 fully saturated rings. The average molecular weight is 335 g/mol. The number of aliphatic imine (C=N–C) groups is 1. The summed E-state index contributed by atoms with van der Waals surface area (Å²) in [5.74, 6) is -1.61. The molecule has 1 heterocycles. The monoisotopic (exact) mass is 335 g/mol. The molecule has 120 valence electrons. The predicted molar refractivity (Wildman–Crippen MR) is 84.7 cm³/mol. The van der Waals surface area contributed by atoms with E-state index in [-0.39, 0.29) is 22.5 Å². The molecule has 9 heteroatoms. The number of carboxylic acid groups (broad SMARTS) is 1. The highest BCUT2D eigenvalue weighted by atomic mass is 32.1. The van der Waals surface area contributed by atoms with E-state index in [0.29, 0.717) is 5.56 Å². The minimum atomic E-state index is -1.19. The van der Waals surface area contributed by atoms with Gasteiger partial charge in [0.15, 0.2) is 10.8 Å². The predicted octanol–water partition coefficient (Wildman–Crippen LogP) is 0.958. The molecular weight excluding hydrogens is 322 g/mol. The number of benzene rings is 1. The Bertz CT molecular complexity index is 854. The fourth-order valence-electron chi connectivity index (χ4n) is 1.83. The molecular formula is C14H13N3O5S. The number of aromatic nitrogens is 2.